The van der Waals surface area contributed by atoms with E-state index in [-0.39, 0.29) is 10.8 Å². The lowest BCUT2D eigenvalue weighted by molar-refractivity contribution is -0.112. The van der Waals surface area contributed by atoms with Gasteiger partial charge in [0.05, 0.1) is 4.90 Å². The van der Waals surface area contributed by atoms with Crippen LogP contribution in [0.4, 0.5) is 5.69 Å². The van der Waals surface area contributed by atoms with Crippen molar-refractivity contribution in [2.75, 3.05) is 5.32 Å². The summed E-state index contributed by atoms with van der Waals surface area (Å²) in [5.41, 5.74) is 1.02. The van der Waals surface area contributed by atoms with Crippen LogP contribution in [0.1, 0.15) is 13.8 Å². The quantitative estimate of drug-likeness (QED) is 0.637. The van der Waals surface area contributed by atoms with E-state index in [0.717, 1.165) is 0 Å². The molecule has 0 aliphatic rings. The summed E-state index contributed by atoms with van der Waals surface area (Å²) in [6, 6.07) is 5.25. The molecule has 17 heavy (non-hydrogen) atoms. The highest BCUT2D eigenvalue weighted by atomic mass is 32.2. The van der Waals surface area contributed by atoms with Crippen molar-refractivity contribution < 1.29 is 17.8 Å². The first kappa shape index (κ1) is 13.4. The third-order valence-corrected chi connectivity index (χ3v) is 3.07. The van der Waals surface area contributed by atoms with Gasteiger partial charge in [-0.1, -0.05) is 6.08 Å². The van der Waals surface area contributed by atoms with E-state index >= 15 is 0 Å². The summed E-state index contributed by atoms with van der Waals surface area (Å²) in [5, 5.41) is 2.59. The van der Waals surface area contributed by atoms with Crippen LogP contribution in [0.2, 0.25) is 0 Å². The Bertz CT molecular complexity index is 543. The van der Waals surface area contributed by atoms with E-state index in [4.69, 9.17) is 4.55 Å². The third kappa shape index (κ3) is 3.69. The van der Waals surface area contributed by atoms with Crippen molar-refractivity contribution in [1.82, 2.24) is 0 Å². The summed E-state index contributed by atoms with van der Waals surface area (Å²) in [6.07, 6.45) is 1.67. The minimum absolute atomic E-state index is 0.210. The smallest absolute Gasteiger partial charge is 0.294 e. The van der Waals surface area contributed by atoms with Crippen LogP contribution in [0.15, 0.2) is 40.8 Å². The topological polar surface area (TPSA) is 83.5 Å². The van der Waals surface area contributed by atoms with Crippen molar-refractivity contribution in [3.05, 3.63) is 35.9 Å². The highest BCUT2D eigenvalue weighted by molar-refractivity contribution is 7.85. The lowest BCUT2D eigenvalue weighted by Gasteiger charge is -2.05. The Morgan fingerprint density at radius 1 is 1.29 bits per heavy atom. The van der Waals surface area contributed by atoms with Gasteiger partial charge in [0.1, 0.15) is 0 Å². The van der Waals surface area contributed by atoms with Crippen LogP contribution in [0.3, 0.4) is 0 Å². The SMILES string of the molecule is C/C=C(\C)C(=O)Nc1ccc(S(=O)(=O)O)cc1. The van der Waals surface area contributed by atoms with Gasteiger partial charge in [0.2, 0.25) is 0 Å². The molecule has 1 aromatic carbocycles. The molecule has 0 atom stereocenters. The first-order valence-corrected chi connectivity index (χ1v) is 6.30. The fourth-order valence-corrected chi connectivity index (χ4v) is 1.55. The van der Waals surface area contributed by atoms with E-state index in [0.29, 0.717) is 11.3 Å². The molecule has 0 aliphatic heterocycles. The van der Waals surface area contributed by atoms with Gasteiger partial charge in [-0.3, -0.25) is 9.35 Å². The predicted octanol–water partition coefficient (Wildman–Crippen LogP) is 1.84. The van der Waals surface area contributed by atoms with Gasteiger partial charge in [0.25, 0.3) is 16.0 Å². The van der Waals surface area contributed by atoms with Crippen molar-refractivity contribution in [1.29, 1.82) is 0 Å². The summed E-state index contributed by atoms with van der Waals surface area (Å²) in [5.74, 6) is -0.257. The summed E-state index contributed by atoms with van der Waals surface area (Å²) in [7, 11) is -4.19. The average molecular weight is 255 g/mol. The Kier molecular flexibility index (Phi) is 4.03. The van der Waals surface area contributed by atoms with Crippen LogP contribution in [0.25, 0.3) is 0 Å². The Hall–Kier alpha value is -1.66. The number of amides is 1. The summed E-state index contributed by atoms with van der Waals surface area (Å²) in [4.78, 5) is 11.3. The highest BCUT2D eigenvalue weighted by Gasteiger charge is 2.09. The number of benzene rings is 1. The zero-order chi connectivity index (χ0) is 13.1. The number of carbonyl (C=O) groups excluding carboxylic acids is 1. The first-order chi connectivity index (χ1) is 7.84. The van der Waals surface area contributed by atoms with Crippen LogP contribution in [0.5, 0.6) is 0 Å². The van der Waals surface area contributed by atoms with Crippen LogP contribution in [-0.2, 0) is 14.9 Å². The van der Waals surface area contributed by atoms with E-state index in [9.17, 15) is 13.2 Å². The van der Waals surface area contributed by atoms with Crippen LogP contribution >= 0.6 is 0 Å². The number of rotatable bonds is 3. The second-order valence-corrected chi connectivity index (χ2v) is 4.85. The summed E-state index contributed by atoms with van der Waals surface area (Å²) >= 11 is 0. The molecule has 0 aliphatic carbocycles. The molecule has 0 saturated heterocycles. The minimum atomic E-state index is -4.19. The zero-order valence-electron chi connectivity index (χ0n) is 9.47. The number of hydrogen-bond acceptors (Lipinski definition) is 3. The fourth-order valence-electron chi connectivity index (χ4n) is 1.07. The Morgan fingerprint density at radius 3 is 2.24 bits per heavy atom. The van der Waals surface area contributed by atoms with E-state index in [1.54, 1.807) is 19.9 Å². The molecule has 0 aromatic heterocycles. The number of nitrogens with one attached hydrogen (secondary N) is 1. The van der Waals surface area contributed by atoms with Gasteiger partial charge in [0.15, 0.2) is 0 Å². The minimum Gasteiger partial charge on any atom is -0.322 e. The number of hydrogen-bond donors (Lipinski definition) is 2. The monoisotopic (exact) mass is 255 g/mol. The molecule has 1 aromatic rings. The highest BCUT2D eigenvalue weighted by Crippen LogP contribution is 2.14. The summed E-state index contributed by atoms with van der Waals surface area (Å²) < 4.78 is 30.3. The maximum atomic E-state index is 11.5. The van der Waals surface area contributed by atoms with E-state index in [1.165, 1.54) is 24.3 Å². The maximum Gasteiger partial charge on any atom is 0.294 e. The van der Waals surface area contributed by atoms with Gasteiger partial charge in [-0.15, -0.1) is 0 Å². The van der Waals surface area contributed by atoms with Crippen LogP contribution in [0, 0.1) is 0 Å². The fraction of sp³-hybridized carbons (Fsp3) is 0.182. The Balaban J connectivity index is 2.87. The standard InChI is InChI=1S/C11H13NO4S/c1-3-8(2)11(13)12-9-4-6-10(7-5-9)17(14,15)16/h3-7H,1-2H3,(H,12,13)(H,14,15,16)/b8-3+. The first-order valence-electron chi connectivity index (χ1n) is 4.86. The average Bonchev–Trinajstić information content (AvgIpc) is 2.27. The second kappa shape index (κ2) is 5.11. The molecule has 0 bridgehead atoms. The van der Waals surface area contributed by atoms with E-state index < -0.39 is 10.1 Å². The van der Waals surface area contributed by atoms with Gasteiger partial charge in [0, 0.05) is 11.3 Å². The van der Waals surface area contributed by atoms with Gasteiger partial charge in [-0.05, 0) is 38.1 Å². The molecule has 1 amide bonds. The molecule has 1 rings (SSSR count). The maximum absolute atomic E-state index is 11.5. The normalized spacial score (nSPS) is 12.3. The molecule has 0 fully saturated rings. The summed E-state index contributed by atoms with van der Waals surface area (Å²) in [6.45, 7) is 3.41. The van der Waals surface area contributed by atoms with Gasteiger partial charge in [-0.25, -0.2) is 0 Å². The van der Waals surface area contributed by atoms with Gasteiger partial charge < -0.3 is 5.32 Å². The van der Waals surface area contributed by atoms with Crippen LogP contribution < -0.4 is 5.32 Å². The van der Waals surface area contributed by atoms with Crippen molar-refractivity contribution in [2.24, 2.45) is 0 Å². The lowest BCUT2D eigenvalue weighted by atomic mass is 10.2. The molecule has 2 N–H and O–H groups in total. The molecular formula is C11H13NO4S. The molecule has 0 saturated carbocycles. The molecule has 92 valence electrons. The van der Waals surface area contributed by atoms with Gasteiger partial charge in [-0.2, -0.15) is 8.42 Å². The van der Waals surface area contributed by atoms with E-state index in [1.807, 2.05) is 0 Å². The van der Waals surface area contributed by atoms with Crippen molar-refractivity contribution in [2.45, 2.75) is 18.7 Å². The van der Waals surface area contributed by atoms with Crippen molar-refractivity contribution in [3.63, 3.8) is 0 Å². The molecule has 6 heteroatoms. The Labute approximate surface area is 99.9 Å². The second-order valence-electron chi connectivity index (χ2n) is 3.43. The van der Waals surface area contributed by atoms with E-state index in [2.05, 4.69) is 5.32 Å². The molecule has 0 radical (unpaired) electrons. The largest absolute Gasteiger partial charge is 0.322 e. The number of carbonyl (C=O) groups is 1. The molecule has 0 unspecified atom stereocenters. The number of allylic oxidation sites excluding steroid dienone is 1. The third-order valence-electron chi connectivity index (χ3n) is 2.20. The van der Waals surface area contributed by atoms with Crippen molar-refractivity contribution >= 4 is 21.7 Å². The molecule has 5 nitrogen and oxygen atoms in total. The predicted molar refractivity (Wildman–Crippen MR) is 64.3 cm³/mol. The number of anilines is 1. The van der Waals surface area contributed by atoms with Crippen LogP contribution in [-0.4, -0.2) is 18.9 Å². The Morgan fingerprint density at radius 2 is 1.82 bits per heavy atom. The molecule has 0 spiro atoms. The van der Waals surface area contributed by atoms with Crippen molar-refractivity contribution in [3.8, 4) is 0 Å². The lowest BCUT2D eigenvalue weighted by Crippen LogP contribution is -2.12. The van der Waals surface area contributed by atoms with Gasteiger partial charge >= 0.3 is 0 Å². The molecule has 0 heterocycles. The molecular weight excluding hydrogens is 242 g/mol. The zero-order valence-corrected chi connectivity index (χ0v) is 10.3.